The van der Waals surface area contributed by atoms with Crippen LogP contribution in [-0.4, -0.2) is 41.0 Å². The smallest absolute Gasteiger partial charge is 0.318 e. The monoisotopic (exact) mass is 305 g/mol. The zero-order valence-electron chi connectivity index (χ0n) is 12.5. The minimum atomic E-state index is -1.07. The van der Waals surface area contributed by atoms with Gasteiger partial charge in [-0.25, -0.2) is 0 Å². The number of carbonyl (C=O) groups is 3. The minimum absolute atomic E-state index is 0.0297. The first-order valence-corrected chi connectivity index (χ1v) is 7.30. The van der Waals surface area contributed by atoms with E-state index in [9.17, 15) is 14.4 Å². The number of aliphatic carboxylic acids is 1. The molecule has 0 saturated carbocycles. The van der Waals surface area contributed by atoms with Crippen LogP contribution in [0, 0.1) is 23.7 Å². The number of amides is 1. The van der Waals surface area contributed by atoms with Gasteiger partial charge in [0.2, 0.25) is 5.91 Å². The molecule has 1 fully saturated rings. The first-order chi connectivity index (χ1) is 10.5. The minimum Gasteiger partial charge on any atom is -0.481 e. The van der Waals surface area contributed by atoms with Crippen LogP contribution >= 0.6 is 0 Å². The number of fused-ring (bicyclic) bond motifs is 1. The molecule has 6 heteroatoms. The Morgan fingerprint density at radius 1 is 1.59 bits per heavy atom. The number of carbonyl (C=O) groups excluding carboxylic acids is 2. The summed E-state index contributed by atoms with van der Waals surface area (Å²) in [6, 6.07) is 0. The third kappa shape index (κ3) is 2.59. The predicted molar refractivity (Wildman–Crippen MR) is 77.3 cm³/mol. The second-order valence-corrected chi connectivity index (χ2v) is 5.56. The van der Waals surface area contributed by atoms with Gasteiger partial charge in [0, 0.05) is 5.70 Å². The zero-order valence-corrected chi connectivity index (χ0v) is 12.5. The number of hydrogen-bond donors (Lipinski definition) is 1. The summed E-state index contributed by atoms with van der Waals surface area (Å²) in [5.74, 6) is -0.143. The first kappa shape index (κ1) is 16.1. The number of rotatable bonds is 5. The maximum absolute atomic E-state index is 12.5. The van der Waals surface area contributed by atoms with E-state index >= 15 is 0 Å². The van der Waals surface area contributed by atoms with Crippen LogP contribution in [0.3, 0.4) is 0 Å². The Labute approximate surface area is 129 Å². The van der Waals surface area contributed by atoms with E-state index in [1.165, 1.54) is 4.90 Å². The highest BCUT2D eigenvalue weighted by Crippen LogP contribution is 2.51. The summed E-state index contributed by atoms with van der Waals surface area (Å²) in [5, 5.41) is 9.02. The Bertz CT molecular complexity index is 574. The molecule has 0 aromatic heterocycles. The van der Waals surface area contributed by atoms with E-state index in [0.29, 0.717) is 18.5 Å². The average molecular weight is 305 g/mol. The van der Waals surface area contributed by atoms with Crippen LogP contribution in [-0.2, 0) is 19.1 Å². The van der Waals surface area contributed by atoms with Gasteiger partial charge >= 0.3 is 11.9 Å². The normalized spacial score (nSPS) is 26.9. The fourth-order valence-corrected chi connectivity index (χ4v) is 3.38. The number of carboxylic acids is 1. The van der Waals surface area contributed by atoms with Crippen molar-refractivity contribution in [1.82, 2.24) is 4.90 Å². The SMILES string of the molecule is C#CCN1C(=O)[C@@H](CC(=O)O)C[C@@]2(C(=O)OCC)CCC=C12. The molecule has 2 rings (SSSR count). The first-order valence-electron chi connectivity index (χ1n) is 7.30. The van der Waals surface area contributed by atoms with E-state index in [0.717, 1.165) is 0 Å². The largest absolute Gasteiger partial charge is 0.481 e. The van der Waals surface area contributed by atoms with Gasteiger partial charge in [-0.05, 0) is 26.2 Å². The van der Waals surface area contributed by atoms with Crippen LogP contribution in [0.1, 0.15) is 32.6 Å². The van der Waals surface area contributed by atoms with Gasteiger partial charge < -0.3 is 14.7 Å². The van der Waals surface area contributed by atoms with Gasteiger partial charge in [-0.2, -0.15) is 0 Å². The summed E-state index contributed by atoms with van der Waals surface area (Å²) in [4.78, 5) is 37.4. The van der Waals surface area contributed by atoms with Gasteiger partial charge in [-0.3, -0.25) is 14.4 Å². The van der Waals surface area contributed by atoms with Crippen molar-refractivity contribution in [2.24, 2.45) is 11.3 Å². The van der Waals surface area contributed by atoms with Crippen molar-refractivity contribution in [3.63, 3.8) is 0 Å². The highest BCUT2D eigenvalue weighted by molar-refractivity contribution is 5.91. The quantitative estimate of drug-likeness (QED) is 0.609. The van der Waals surface area contributed by atoms with Gasteiger partial charge in [0.15, 0.2) is 0 Å². The van der Waals surface area contributed by atoms with Crippen LogP contribution in [0.25, 0.3) is 0 Å². The van der Waals surface area contributed by atoms with Crippen molar-refractivity contribution in [3.05, 3.63) is 11.8 Å². The molecule has 0 spiro atoms. The van der Waals surface area contributed by atoms with E-state index in [1.807, 2.05) is 6.08 Å². The van der Waals surface area contributed by atoms with E-state index in [-0.39, 0.29) is 31.9 Å². The van der Waals surface area contributed by atoms with Crippen molar-refractivity contribution in [2.45, 2.75) is 32.6 Å². The van der Waals surface area contributed by atoms with Crippen molar-refractivity contribution in [1.29, 1.82) is 0 Å². The Morgan fingerprint density at radius 2 is 2.32 bits per heavy atom. The van der Waals surface area contributed by atoms with Gasteiger partial charge in [0.1, 0.15) is 5.41 Å². The average Bonchev–Trinajstić information content (AvgIpc) is 2.88. The molecule has 1 N–H and O–H groups in total. The Morgan fingerprint density at radius 3 is 2.91 bits per heavy atom. The summed E-state index contributed by atoms with van der Waals surface area (Å²) < 4.78 is 5.18. The third-order valence-electron chi connectivity index (χ3n) is 4.24. The maximum atomic E-state index is 12.5. The number of esters is 1. The van der Waals surface area contributed by atoms with Crippen LogP contribution < -0.4 is 0 Å². The molecule has 0 bridgehead atoms. The number of allylic oxidation sites excluding steroid dienone is 1. The number of terminal acetylenes is 1. The molecule has 1 aliphatic carbocycles. The molecule has 1 aliphatic heterocycles. The number of nitrogens with zero attached hydrogens (tertiary/aromatic N) is 1. The molecule has 1 heterocycles. The van der Waals surface area contributed by atoms with E-state index < -0.39 is 23.3 Å². The van der Waals surface area contributed by atoms with Crippen molar-refractivity contribution < 1.29 is 24.2 Å². The molecule has 1 amide bonds. The standard InChI is InChI=1S/C16H19NO5/c1-3-8-17-12-6-5-7-16(12,15(21)22-4-2)10-11(14(17)20)9-13(18)19/h1,6,11H,4-5,7-10H2,2H3,(H,18,19)/t11-,16-/m0/s1. The van der Waals surface area contributed by atoms with E-state index in [2.05, 4.69) is 5.92 Å². The number of ether oxygens (including phenoxy) is 1. The lowest BCUT2D eigenvalue weighted by atomic mass is 9.71. The number of carboxylic acid groups (broad SMARTS) is 1. The molecule has 1 saturated heterocycles. The molecular weight excluding hydrogens is 286 g/mol. The molecule has 118 valence electrons. The Hall–Kier alpha value is -2.29. The van der Waals surface area contributed by atoms with Gasteiger partial charge in [0.25, 0.3) is 0 Å². The fourth-order valence-electron chi connectivity index (χ4n) is 3.38. The van der Waals surface area contributed by atoms with Crippen LogP contribution in [0.4, 0.5) is 0 Å². The topological polar surface area (TPSA) is 83.9 Å². The maximum Gasteiger partial charge on any atom is 0.318 e. The van der Waals surface area contributed by atoms with Crippen LogP contribution in [0.2, 0.25) is 0 Å². The zero-order chi connectivity index (χ0) is 16.3. The van der Waals surface area contributed by atoms with Crippen LogP contribution in [0.15, 0.2) is 11.8 Å². The van der Waals surface area contributed by atoms with E-state index in [4.69, 9.17) is 16.3 Å². The summed E-state index contributed by atoms with van der Waals surface area (Å²) in [7, 11) is 0. The second-order valence-electron chi connectivity index (χ2n) is 5.56. The lowest BCUT2D eigenvalue weighted by molar-refractivity contribution is -0.161. The lowest BCUT2D eigenvalue weighted by Gasteiger charge is -2.43. The molecular formula is C16H19NO5. The van der Waals surface area contributed by atoms with E-state index in [1.54, 1.807) is 6.92 Å². The van der Waals surface area contributed by atoms with Crippen molar-refractivity contribution in [3.8, 4) is 12.3 Å². The third-order valence-corrected chi connectivity index (χ3v) is 4.24. The molecule has 0 aromatic carbocycles. The van der Waals surface area contributed by atoms with Gasteiger partial charge in [-0.1, -0.05) is 12.0 Å². The fraction of sp³-hybridized carbons (Fsp3) is 0.562. The Kier molecular flexibility index (Phi) is 4.55. The van der Waals surface area contributed by atoms with Crippen molar-refractivity contribution in [2.75, 3.05) is 13.2 Å². The molecule has 0 unspecified atom stereocenters. The highest BCUT2D eigenvalue weighted by atomic mass is 16.5. The summed E-state index contributed by atoms with van der Waals surface area (Å²) in [5.41, 5.74) is -0.364. The Balaban J connectivity index is 2.41. The van der Waals surface area contributed by atoms with Gasteiger partial charge in [-0.15, -0.1) is 6.42 Å². The second kappa shape index (κ2) is 6.22. The molecule has 6 nitrogen and oxygen atoms in total. The number of hydrogen-bond acceptors (Lipinski definition) is 4. The molecule has 0 radical (unpaired) electrons. The molecule has 2 aliphatic rings. The molecule has 2 atom stereocenters. The van der Waals surface area contributed by atoms with Crippen molar-refractivity contribution >= 4 is 17.8 Å². The lowest BCUT2D eigenvalue weighted by Crippen LogP contribution is -2.52. The highest BCUT2D eigenvalue weighted by Gasteiger charge is 2.55. The summed E-state index contributed by atoms with van der Waals surface area (Å²) >= 11 is 0. The van der Waals surface area contributed by atoms with Gasteiger partial charge in [0.05, 0.1) is 25.5 Å². The summed E-state index contributed by atoms with van der Waals surface area (Å²) in [6.45, 7) is 1.98. The summed E-state index contributed by atoms with van der Waals surface area (Å²) in [6.07, 6.45) is 8.18. The number of likely N-dealkylation sites (tertiary alicyclic amines) is 1. The number of piperidine rings is 1. The molecule has 22 heavy (non-hydrogen) atoms. The van der Waals surface area contributed by atoms with Crippen LogP contribution in [0.5, 0.6) is 0 Å². The predicted octanol–water partition coefficient (Wildman–Crippen LogP) is 1.17. The molecule has 0 aromatic rings.